The standard InChI is InChI=1S/C14H11ClN2S2/c15-10-7-9(16)5-6-12(10)18-8-14-17-11-3-1-2-4-13(11)19-14/h1-7H,8,16H2. The first-order valence-electron chi connectivity index (χ1n) is 5.74. The quantitative estimate of drug-likeness (QED) is 0.557. The Labute approximate surface area is 124 Å². The van der Waals surface area contributed by atoms with Gasteiger partial charge >= 0.3 is 0 Å². The van der Waals surface area contributed by atoms with Crippen molar-refractivity contribution < 1.29 is 0 Å². The summed E-state index contributed by atoms with van der Waals surface area (Å²) in [7, 11) is 0. The summed E-state index contributed by atoms with van der Waals surface area (Å²) >= 11 is 9.57. The van der Waals surface area contributed by atoms with E-state index < -0.39 is 0 Å². The van der Waals surface area contributed by atoms with Gasteiger partial charge in [0.2, 0.25) is 0 Å². The molecule has 1 aromatic heterocycles. The molecule has 0 unspecified atom stereocenters. The van der Waals surface area contributed by atoms with E-state index in [1.165, 1.54) is 4.70 Å². The zero-order valence-electron chi connectivity index (χ0n) is 9.97. The highest BCUT2D eigenvalue weighted by molar-refractivity contribution is 7.98. The number of rotatable bonds is 3. The van der Waals surface area contributed by atoms with Gasteiger partial charge in [0.25, 0.3) is 0 Å². The molecule has 0 aliphatic rings. The lowest BCUT2D eigenvalue weighted by Gasteiger charge is -2.03. The van der Waals surface area contributed by atoms with Gasteiger partial charge < -0.3 is 5.73 Å². The smallest absolute Gasteiger partial charge is 0.104 e. The van der Waals surface area contributed by atoms with Crippen LogP contribution in [-0.4, -0.2) is 4.98 Å². The summed E-state index contributed by atoms with van der Waals surface area (Å²) in [6.45, 7) is 0. The third-order valence-electron chi connectivity index (χ3n) is 2.65. The zero-order chi connectivity index (χ0) is 13.2. The van der Waals surface area contributed by atoms with Crippen LogP contribution in [0.15, 0.2) is 47.4 Å². The Morgan fingerprint density at radius 2 is 2.05 bits per heavy atom. The molecule has 0 atom stereocenters. The van der Waals surface area contributed by atoms with Crippen molar-refractivity contribution in [1.82, 2.24) is 4.98 Å². The van der Waals surface area contributed by atoms with Gasteiger partial charge in [0.15, 0.2) is 0 Å². The fourth-order valence-corrected chi connectivity index (χ4v) is 3.99. The van der Waals surface area contributed by atoms with E-state index in [2.05, 4.69) is 11.1 Å². The lowest BCUT2D eigenvalue weighted by Crippen LogP contribution is -1.85. The summed E-state index contributed by atoms with van der Waals surface area (Å²) < 4.78 is 1.22. The summed E-state index contributed by atoms with van der Waals surface area (Å²) in [5.41, 5.74) is 7.43. The molecular formula is C14H11ClN2S2. The second-order valence-electron chi connectivity index (χ2n) is 4.05. The normalized spacial score (nSPS) is 11.0. The number of hydrogen-bond donors (Lipinski definition) is 1. The fraction of sp³-hybridized carbons (Fsp3) is 0.0714. The van der Waals surface area contributed by atoms with Crippen LogP contribution >= 0.6 is 34.7 Å². The van der Waals surface area contributed by atoms with Crippen LogP contribution in [0, 0.1) is 0 Å². The van der Waals surface area contributed by atoms with E-state index in [4.69, 9.17) is 17.3 Å². The minimum Gasteiger partial charge on any atom is -0.399 e. The maximum atomic E-state index is 6.16. The Bertz CT molecular complexity index is 691. The number of thiazole rings is 1. The second-order valence-corrected chi connectivity index (χ2v) is 6.59. The molecule has 3 rings (SSSR count). The summed E-state index contributed by atoms with van der Waals surface area (Å²) in [4.78, 5) is 5.64. The fourth-order valence-electron chi connectivity index (χ4n) is 1.76. The largest absolute Gasteiger partial charge is 0.399 e. The number of thioether (sulfide) groups is 1. The molecule has 1 heterocycles. The van der Waals surface area contributed by atoms with E-state index in [1.807, 2.05) is 30.3 Å². The third kappa shape index (κ3) is 2.86. The molecule has 5 heteroatoms. The lowest BCUT2D eigenvalue weighted by atomic mass is 10.3. The van der Waals surface area contributed by atoms with Crippen LogP contribution in [-0.2, 0) is 5.75 Å². The van der Waals surface area contributed by atoms with Gasteiger partial charge in [-0.3, -0.25) is 0 Å². The number of nitrogens with two attached hydrogens (primary N) is 1. The van der Waals surface area contributed by atoms with Crippen molar-refractivity contribution in [2.45, 2.75) is 10.6 Å². The van der Waals surface area contributed by atoms with Gasteiger partial charge in [0.1, 0.15) is 5.01 Å². The molecule has 0 fully saturated rings. The van der Waals surface area contributed by atoms with E-state index >= 15 is 0 Å². The van der Waals surface area contributed by atoms with E-state index in [9.17, 15) is 0 Å². The number of nitrogen functional groups attached to an aromatic ring is 1. The minimum absolute atomic E-state index is 0.689. The highest BCUT2D eigenvalue weighted by Crippen LogP contribution is 2.33. The zero-order valence-corrected chi connectivity index (χ0v) is 12.4. The Balaban J connectivity index is 1.78. The molecule has 0 amide bonds. The maximum Gasteiger partial charge on any atom is 0.104 e. The lowest BCUT2D eigenvalue weighted by molar-refractivity contribution is 1.30. The van der Waals surface area contributed by atoms with Crippen LogP contribution in [0.5, 0.6) is 0 Å². The molecule has 0 aliphatic heterocycles. The van der Waals surface area contributed by atoms with Gasteiger partial charge in [0, 0.05) is 10.6 Å². The van der Waals surface area contributed by atoms with E-state index in [1.54, 1.807) is 29.2 Å². The minimum atomic E-state index is 0.689. The molecule has 2 N–H and O–H groups in total. The summed E-state index contributed by atoms with van der Waals surface area (Å²) in [5, 5.41) is 1.81. The van der Waals surface area contributed by atoms with Gasteiger partial charge in [-0.2, -0.15) is 0 Å². The molecular weight excluding hydrogens is 296 g/mol. The summed E-state index contributed by atoms with van der Waals surface area (Å²) in [6.07, 6.45) is 0. The molecule has 0 aliphatic carbocycles. The molecule has 0 radical (unpaired) electrons. The van der Waals surface area contributed by atoms with Crippen LogP contribution in [0.1, 0.15) is 5.01 Å². The Morgan fingerprint density at radius 3 is 2.84 bits per heavy atom. The first-order valence-corrected chi connectivity index (χ1v) is 7.92. The number of para-hydroxylation sites is 1. The molecule has 0 saturated heterocycles. The Hall–Kier alpha value is -1.23. The van der Waals surface area contributed by atoms with Crippen LogP contribution in [0.2, 0.25) is 5.02 Å². The van der Waals surface area contributed by atoms with Crippen molar-refractivity contribution in [3.63, 3.8) is 0 Å². The summed E-state index contributed by atoms with van der Waals surface area (Å²) in [5.74, 6) is 0.822. The average molecular weight is 307 g/mol. The molecule has 96 valence electrons. The Morgan fingerprint density at radius 1 is 1.21 bits per heavy atom. The number of halogens is 1. The van der Waals surface area contributed by atoms with Crippen molar-refractivity contribution in [2.24, 2.45) is 0 Å². The monoisotopic (exact) mass is 306 g/mol. The first-order chi connectivity index (χ1) is 9.22. The third-order valence-corrected chi connectivity index (χ3v) is 5.37. The molecule has 0 saturated carbocycles. The van der Waals surface area contributed by atoms with Crippen molar-refractivity contribution in [1.29, 1.82) is 0 Å². The number of nitrogens with zero attached hydrogens (tertiary/aromatic N) is 1. The SMILES string of the molecule is Nc1ccc(SCc2nc3ccccc3s2)c(Cl)c1. The number of anilines is 1. The average Bonchev–Trinajstić information content (AvgIpc) is 2.80. The van der Waals surface area contributed by atoms with Gasteiger partial charge in [-0.25, -0.2) is 4.98 Å². The predicted molar refractivity (Wildman–Crippen MR) is 85.0 cm³/mol. The van der Waals surface area contributed by atoms with Crippen LogP contribution in [0.25, 0.3) is 10.2 Å². The predicted octanol–water partition coefficient (Wildman–Crippen LogP) is 4.82. The van der Waals surface area contributed by atoms with E-state index in [0.717, 1.165) is 21.2 Å². The molecule has 2 nitrogen and oxygen atoms in total. The summed E-state index contributed by atoms with van der Waals surface area (Å²) in [6, 6.07) is 13.8. The number of hydrogen-bond acceptors (Lipinski definition) is 4. The molecule has 0 bridgehead atoms. The van der Waals surface area contributed by atoms with Crippen molar-refractivity contribution in [3.8, 4) is 0 Å². The highest BCUT2D eigenvalue weighted by Gasteiger charge is 2.06. The van der Waals surface area contributed by atoms with Gasteiger partial charge in [-0.1, -0.05) is 23.7 Å². The number of aromatic nitrogens is 1. The van der Waals surface area contributed by atoms with Gasteiger partial charge in [0.05, 0.1) is 21.0 Å². The molecule has 2 aromatic carbocycles. The van der Waals surface area contributed by atoms with Gasteiger partial charge in [-0.15, -0.1) is 23.1 Å². The number of benzene rings is 2. The highest BCUT2D eigenvalue weighted by atomic mass is 35.5. The van der Waals surface area contributed by atoms with Crippen LogP contribution in [0.4, 0.5) is 5.69 Å². The molecule has 0 spiro atoms. The van der Waals surface area contributed by atoms with Crippen molar-refractivity contribution >= 4 is 50.6 Å². The number of fused-ring (bicyclic) bond motifs is 1. The van der Waals surface area contributed by atoms with Crippen LogP contribution < -0.4 is 5.73 Å². The van der Waals surface area contributed by atoms with Gasteiger partial charge in [-0.05, 0) is 30.3 Å². The molecule has 3 aromatic rings. The maximum absolute atomic E-state index is 6.16. The topological polar surface area (TPSA) is 38.9 Å². The first kappa shape index (κ1) is 12.8. The van der Waals surface area contributed by atoms with Crippen molar-refractivity contribution in [3.05, 3.63) is 52.5 Å². The Kier molecular flexibility index (Phi) is 3.64. The second kappa shape index (κ2) is 5.41. The molecule has 19 heavy (non-hydrogen) atoms. The van der Waals surface area contributed by atoms with E-state index in [0.29, 0.717) is 10.7 Å². The van der Waals surface area contributed by atoms with Crippen molar-refractivity contribution in [2.75, 3.05) is 5.73 Å². The van der Waals surface area contributed by atoms with Crippen LogP contribution in [0.3, 0.4) is 0 Å². The van der Waals surface area contributed by atoms with E-state index in [-0.39, 0.29) is 0 Å².